The molecule has 0 radical (unpaired) electrons. The lowest BCUT2D eigenvalue weighted by molar-refractivity contribution is -0.122. The van der Waals surface area contributed by atoms with Crippen LogP contribution in [0.4, 0.5) is 5.69 Å². The van der Waals surface area contributed by atoms with Crippen LogP contribution in [-0.4, -0.2) is 23.7 Å². The van der Waals surface area contributed by atoms with E-state index in [9.17, 15) is 9.59 Å². The second-order valence-electron chi connectivity index (χ2n) is 5.67. The molecular weight excluding hydrogens is 411 g/mol. The van der Waals surface area contributed by atoms with E-state index < -0.39 is 11.8 Å². The summed E-state index contributed by atoms with van der Waals surface area (Å²) in [6, 6.07) is 9.74. The van der Waals surface area contributed by atoms with Crippen LogP contribution < -0.4 is 19.7 Å². The lowest BCUT2D eigenvalue weighted by Gasteiger charge is -2.29. The van der Waals surface area contributed by atoms with Gasteiger partial charge in [0.05, 0.1) is 10.7 Å². The Balaban J connectivity index is 1.73. The molecule has 1 fully saturated rings. The highest BCUT2D eigenvalue weighted by Crippen LogP contribution is 2.34. The zero-order valence-corrected chi connectivity index (χ0v) is 15.8. The summed E-state index contributed by atoms with van der Waals surface area (Å²) < 4.78 is 10.6. The molecule has 27 heavy (non-hydrogen) atoms. The number of amides is 2. The lowest BCUT2D eigenvalue weighted by Crippen LogP contribution is -2.54. The molecule has 0 bridgehead atoms. The van der Waals surface area contributed by atoms with Crippen LogP contribution in [0.2, 0.25) is 10.0 Å². The summed E-state index contributed by atoms with van der Waals surface area (Å²) in [7, 11) is 0. The van der Waals surface area contributed by atoms with Gasteiger partial charge < -0.3 is 9.47 Å². The van der Waals surface area contributed by atoms with Crippen molar-refractivity contribution in [3.05, 3.63) is 57.6 Å². The predicted octanol–water partition coefficient (Wildman–Crippen LogP) is 3.55. The average Bonchev–Trinajstić information content (AvgIpc) is 3.08. The highest BCUT2D eigenvalue weighted by Gasteiger charge is 2.35. The van der Waals surface area contributed by atoms with E-state index in [4.69, 9.17) is 44.9 Å². The van der Waals surface area contributed by atoms with Gasteiger partial charge in [0.25, 0.3) is 11.8 Å². The van der Waals surface area contributed by atoms with Crippen molar-refractivity contribution in [1.82, 2.24) is 5.32 Å². The summed E-state index contributed by atoms with van der Waals surface area (Å²) >= 11 is 17.3. The fourth-order valence-corrected chi connectivity index (χ4v) is 3.48. The van der Waals surface area contributed by atoms with Crippen molar-refractivity contribution in [2.24, 2.45) is 0 Å². The molecule has 0 aromatic heterocycles. The molecule has 2 aromatic carbocycles. The fourth-order valence-electron chi connectivity index (χ4n) is 2.71. The number of benzene rings is 2. The molecule has 2 amide bonds. The summed E-state index contributed by atoms with van der Waals surface area (Å²) in [6.07, 6.45) is 1.46. The molecule has 0 saturated carbocycles. The third-order valence-corrected chi connectivity index (χ3v) is 4.78. The highest BCUT2D eigenvalue weighted by atomic mass is 35.5. The number of nitrogens with one attached hydrogen (secondary N) is 1. The minimum Gasteiger partial charge on any atom is -0.454 e. The van der Waals surface area contributed by atoms with Gasteiger partial charge in [0, 0.05) is 5.02 Å². The first-order valence-electron chi connectivity index (χ1n) is 7.70. The van der Waals surface area contributed by atoms with Crippen LogP contribution in [-0.2, 0) is 9.59 Å². The van der Waals surface area contributed by atoms with Crippen LogP contribution in [0.1, 0.15) is 5.56 Å². The quantitative estimate of drug-likeness (QED) is 0.457. The SMILES string of the molecule is O=C1NC(=S)N(c2ccc(Cl)cc2Cl)C(=O)/C1=C\c1ccc2c(c1)OCO2. The first kappa shape index (κ1) is 17.8. The van der Waals surface area contributed by atoms with Crippen LogP contribution >= 0.6 is 35.4 Å². The van der Waals surface area contributed by atoms with Crippen molar-refractivity contribution in [1.29, 1.82) is 0 Å². The Labute approximate surface area is 169 Å². The number of hydrogen-bond acceptors (Lipinski definition) is 5. The van der Waals surface area contributed by atoms with Gasteiger partial charge in [-0.05, 0) is 54.2 Å². The van der Waals surface area contributed by atoms with Crippen molar-refractivity contribution in [2.45, 2.75) is 0 Å². The Morgan fingerprint density at radius 2 is 1.85 bits per heavy atom. The molecular formula is C18H10Cl2N2O4S. The summed E-state index contributed by atoms with van der Waals surface area (Å²) in [6.45, 7) is 0.131. The first-order chi connectivity index (χ1) is 12.9. The van der Waals surface area contributed by atoms with Crippen molar-refractivity contribution in [3.8, 4) is 11.5 Å². The number of nitrogens with zero attached hydrogens (tertiary/aromatic N) is 1. The Kier molecular flexibility index (Phi) is 4.51. The molecule has 2 aliphatic rings. The van der Waals surface area contributed by atoms with Crippen molar-refractivity contribution in [2.75, 3.05) is 11.7 Å². The maximum Gasteiger partial charge on any atom is 0.270 e. The van der Waals surface area contributed by atoms with Gasteiger partial charge in [-0.2, -0.15) is 0 Å². The number of carbonyl (C=O) groups is 2. The number of thiocarbonyl (C=S) groups is 1. The third-order valence-electron chi connectivity index (χ3n) is 3.96. The van der Waals surface area contributed by atoms with Crippen LogP contribution in [0.5, 0.6) is 11.5 Å². The maximum atomic E-state index is 13.0. The molecule has 2 heterocycles. The molecule has 2 aromatic rings. The van der Waals surface area contributed by atoms with E-state index in [1.165, 1.54) is 12.1 Å². The summed E-state index contributed by atoms with van der Waals surface area (Å²) in [5.74, 6) is -0.0388. The van der Waals surface area contributed by atoms with Gasteiger partial charge in [-0.1, -0.05) is 29.3 Å². The molecule has 0 spiro atoms. The third kappa shape index (κ3) is 3.25. The normalized spacial score (nSPS) is 17.5. The second-order valence-corrected chi connectivity index (χ2v) is 6.90. The average molecular weight is 421 g/mol. The van der Waals surface area contributed by atoms with Gasteiger partial charge in [-0.15, -0.1) is 0 Å². The number of anilines is 1. The van der Waals surface area contributed by atoms with Gasteiger partial charge in [0.2, 0.25) is 6.79 Å². The van der Waals surface area contributed by atoms with Gasteiger partial charge in [0.1, 0.15) is 5.57 Å². The van der Waals surface area contributed by atoms with E-state index in [1.54, 1.807) is 30.3 Å². The van der Waals surface area contributed by atoms with Gasteiger partial charge >= 0.3 is 0 Å². The summed E-state index contributed by atoms with van der Waals surface area (Å²) in [5.41, 5.74) is 0.842. The van der Waals surface area contributed by atoms with Crippen molar-refractivity contribution < 1.29 is 19.1 Å². The minimum atomic E-state index is -0.594. The monoisotopic (exact) mass is 420 g/mol. The van der Waals surface area contributed by atoms with E-state index in [1.807, 2.05) is 0 Å². The molecule has 0 aliphatic carbocycles. The maximum absolute atomic E-state index is 13.0. The number of fused-ring (bicyclic) bond motifs is 1. The smallest absolute Gasteiger partial charge is 0.270 e. The number of rotatable bonds is 2. The largest absolute Gasteiger partial charge is 0.454 e. The van der Waals surface area contributed by atoms with Crippen LogP contribution in [0.3, 0.4) is 0 Å². The van der Waals surface area contributed by atoms with E-state index in [2.05, 4.69) is 5.32 Å². The first-order valence-corrected chi connectivity index (χ1v) is 8.86. The molecule has 9 heteroatoms. The molecule has 0 atom stereocenters. The topological polar surface area (TPSA) is 67.9 Å². The molecule has 136 valence electrons. The van der Waals surface area contributed by atoms with Gasteiger partial charge in [-0.3, -0.25) is 19.8 Å². The molecule has 4 rings (SSSR count). The van der Waals surface area contributed by atoms with Crippen molar-refractivity contribution in [3.63, 3.8) is 0 Å². The Bertz CT molecular complexity index is 1040. The minimum absolute atomic E-state index is 0.0583. The van der Waals surface area contributed by atoms with Crippen LogP contribution in [0.25, 0.3) is 6.08 Å². The standard InChI is InChI=1S/C18H10Cl2N2O4S/c19-10-2-3-13(12(20)7-10)22-17(24)11(16(23)21-18(22)27)5-9-1-4-14-15(6-9)26-8-25-14/h1-7H,8H2,(H,21,23,27)/b11-5-. The molecule has 0 unspecified atom stereocenters. The Morgan fingerprint density at radius 3 is 2.63 bits per heavy atom. The fraction of sp³-hybridized carbons (Fsp3) is 0.0556. The Hall–Kier alpha value is -2.61. The molecule has 1 N–H and O–H groups in total. The number of ether oxygens (including phenoxy) is 2. The van der Waals surface area contributed by atoms with E-state index in [0.717, 1.165) is 4.90 Å². The van der Waals surface area contributed by atoms with Crippen molar-refractivity contribution >= 4 is 64.1 Å². The van der Waals surface area contributed by atoms with E-state index >= 15 is 0 Å². The number of carbonyl (C=O) groups excluding carboxylic acids is 2. The zero-order valence-electron chi connectivity index (χ0n) is 13.5. The van der Waals surface area contributed by atoms with E-state index in [-0.39, 0.29) is 22.5 Å². The summed E-state index contributed by atoms with van der Waals surface area (Å²) in [5, 5.41) is 3.10. The summed E-state index contributed by atoms with van der Waals surface area (Å²) in [4.78, 5) is 26.5. The molecule has 6 nitrogen and oxygen atoms in total. The highest BCUT2D eigenvalue weighted by molar-refractivity contribution is 7.80. The van der Waals surface area contributed by atoms with E-state index in [0.29, 0.717) is 27.8 Å². The predicted molar refractivity (Wildman–Crippen MR) is 105 cm³/mol. The van der Waals surface area contributed by atoms with Gasteiger partial charge in [0.15, 0.2) is 16.6 Å². The number of hydrogen-bond donors (Lipinski definition) is 1. The van der Waals surface area contributed by atoms with Crippen LogP contribution in [0.15, 0.2) is 42.0 Å². The number of halogens is 2. The van der Waals surface area contributed by atoms with Crippen LogP contribution in [0, 0.1) is 0 Å². The second kappa shape index (κ2) is 6.84. The van der Waals surface area contributed by atoms with Gasteiger partial charge in [-0.25, -0.2) is 0 Å². The lowest BCUT2D eigenvalue weighted by atomic mass is 10.1. The molecule has 1 saturated heterocycles. The zero-order chi connectivity index (χ0) is 19.1. The molecule has 2 aliphatic heterocycles. The Morgan fingerprint density at radius 1 is 1.07 bits per heavy atom.